The van der Waals surface area contributed by atoms with Crippen LogP contribution < -0.4 is 16.0 Å². The third-order valence-electron chi connectivity index (χ3n) is 4.48. The monoisotopic (exact) mass is 341 g/mol. The van der Waals surface area contributed by atoms with E-state index in [1.807, 2.05) is 25.1 Å². The van der Waals surface area contributed by atoms with Crippen molar-refractivity contribution in [3.8, 4) is 0 Å². The zero-order chi connectivity index (χ0) is 17.8. The summed E-state index contributed by atoms with van der Waals surface area (Å²) in [6.45, 7) is 4.22. The lowest BCUT2D eigenvalue weighted by Crippen LogP contribution is -2.46. The molecular weight excluding hydrogens is 318 g/mol. The largest absolute Gasteiger partial charge is 0.481 e. The number of piperazine rings is 1. The number of aryl methyl sites for hydroxylation is 1. The van der Waals surface area contributed by atoms with E-state index in [0.717, 1.165) is 36.7 Å². The van der Waals surface area contributed by atoms with Crippen molar-refractivity contribution in [1.29, 1.82) is 0 Å². The van der Waals surface area contributed by atoms with Gasteiger partial charge in [-0.25, -0.2) is 4.98 Å². The lowest BCUT2D eigenvalue weighted by Gasteiger charge is -2.36. The van der Waals surface area contributed by atoms with Crippen LogP contribution in [0.4, 0.5) is 11.8 Å². The fraction of sp³-hybridized carbons (Fsp3) is 0.389. The summed E-state index contributed by atoms with van der Waals surface area (Å²) in [7, 11) is 0. The lowest BCUT2D eigenvalue weighted by atomic mass is 10.0. The van der Waals surface area contributed by atoms with Crippen molar-refractivity contribution in [1.82, 2.24) is 15.3 Å². The SMILES string of the molecule is Cc1nc(N)nc(N2CCN[C@H](c3ccccc3)C2)c1CCC(=O)O. The van der Waals surface area contributed by atoms with Gasteiger partial charge in [-0.3, -0.25) is 4.79 Å². The van der Waals surface area contributed by atoms with E-state index < -0.39 is 5.97 Å². The minimum atomic E-state index is -0.829. The molecule has 7 heteroatoms. The quantitative estimate of drug-likeness (QED) is 0.757. The highest BCUT2D eigenvalue weighted by atomic mass is 16.4. The predicted octanol–water partition coefficient (Wildman–Crippen LogP) is 1.54. The van der Waals surface area contributed by atoms with Crippen LogP contribution in [0, 0.1) is 6.92 Å². The Labute approximate surface area is 146 Å². The number of nitrogens with zero attached hydrogens (tertiary/aromatic N) is 3. The third kappa shape index (κ3) is 4.06. The van der Waals surface area contributed by atoms with E-state index in [9.17, 15) is 4.79 Å². The molecule has 3 rings (SSSR count). The Kier molecular flexibility index (Phi) is 5.14. The molecule has 1 atom stereocenters. The third-order valence-corrected chi connectivity index (χ3v) is 4.48. The number of aromatic nitrogens is 2. The van der Waals surface area contributed by atoms with Crippen molar-refractivity contribution in [2.75, 3.05) is 30.3 Å². The Balaban J connectivity index is 1.88. The maximum absolute atomic E-state index is 11.0. The van der Waals surface area contributed by atoms with Gasteiger partial charge in [0.2, 0.25) is 5.95 Å². The number of carboxylic acids is 1. The molecule has 0 bridgehead atoms. The molecule has 1 aromatic heterocycles. The number of nitrogen functional groups attached to an aromatic ring is 1. The second-order valence-corrected chi connectivity index (χ2v) is 6.23. The number of carboxylic acid groups (broad SMARTS) is 1. The summed E-state index contributed by atoms with van der Waals surface area (Å²) in [5, 5.41) is 12.5. The van der Waals surface area contributed by atoms with Gasteiger partial charge in [0.1, 0.15) is 5.82 Å². The van der Waals surface area contributed by atoms with E-state index >= 15 is 0 Å². The van der Waals surface area contributed by atoms with E-state index in [4.69, 9.17) is 10.8 Å². The first-order valence-corrected chi connectivity index (χ1v) is 8.42. The number of nitrogens with one attached hydrogen (secondary N) is 1. The number of hydrogen-bond acceptors (Lipinski definition) is 6. The van der Waals surface area contributed by atoms with Crippen LogP contribution >= 0.6 is 0 Å². The molecule has 1 aliphatic heterocycles. The first-order chi connectivity index (χ1) is 12.0. The van der Waals surface area contributed by atoms with Crippen molar-refractivity contribution < 1.29 is 9.90 Å². The summed E-state index contributed by atoms with van der Waals surface area (Å²) in [6.07, 6.45) is 0.450. The first kappa shape index (κ1) is 17.2. The predicted molar refractivity (Wildman–Crippen MR) is 96.5 cm³/mol. The Bertz CT molecular complexity index is 751. The van der Waals surface area contributed by atoms with E-state index in [1.54, 1.807) is 0 Å². The first-order valence-electron chi connectivity index (χ1n) is 8.42. The molecule has 0 radical (unpaired) electrons. The number of rotatable bonds is 5. The molecule has 0 amide bonds. The average Bonchev–Trinajstić information content (AvgIpc) is 2.61. The van der Waals surface area contributed by atoms with Gasteiger partial charge in [-0.1, -0.05) is 30.3 Å². The van der Waals surface area contributed by atoms with Crippen LogP contribution in [-0.2, 0) is 11.2 Å². The minimum absolute atomic E-state index is 0.0509. The topological polar surface area (TPSA) is 104 Å². The van der Waals surface area contributed by atoms with Crippen LogP contribution in [0.2, 0.25) is 0 Å². The molecule has 1 aromatic carbocycles. The molecular formula is C18H23N5O2. The summed E-state index contributed by atoms with van der Waals surface area (Å²) < 4.78 is 0. The fourth-order valence-corrected chi connectivity index (χ4v) is 3.24. The molecule has 1 aliphatic rings. The van der Waals surface area contributed by atoms with E-state index in [2.05, 4.69) is 32.3 Å². The Hall–Kier alpha value is -2.67. The standard InChI is InChI=1S/C18H23N5O2/c1-12-14(7-8-16(24)25)17(22-18(19)21-12)23-10-9-20-15(11-23)13-5-3-2-4-6-13/h2-6,15,20H,7-11H2,1H3,(H,24,25)(H2,19,21,22)/t15-/m0/s1. The van der Waals surface area contributed by atoms with Crippen molar-refractivity contribution in [3.63, 3.8) is 0 Å². The van der Waals surface area contributed by atoms with Crippen molar-refractivity contribution in [2.45, 2.75) is 25.8 Å². The van der Waals surface area contributed by atoms with Gasteiger partial charge in [0.15, 0.2) is 0 Å². The molecule has 0 saturated carbocycles. The van der Waals surface area contributed by atoms with Crippen molar-refractivity contribution >= 4 is 17.7 Å². The van der Waals surface area contributed by atoms with E-state index in [0.29, 0.717) is 6.42 Å². The highest BCUT2D eigenvalue weighted by molar-refractivity contribution is 5.68. The van der Waals surface area contributed by atoms with Crippen LogP contribution in [0.25, 0.3) is 0 Å². The van der Waals surface area contributed by atoms with Gasteiger partial charge in [-0.15, -0.1) is 0 Å². The molecule has 0 unspecified atom stereocenters. The molecule has 0 aliphatic carbocycles. The second kappa shape index (κ2) is 7.48. The second-order valence-electron chi connectivity index (χ2n) is 6.23. The van der Waals surface area contributed by atoms with Gasteiger partial charge < -0.3 is 21.1 Å². The lowest BCUT2D eigenvalue weighted by molar-refractivity contribution is -0.136. The van der Waals surface area contributed by atoms with Crippen LogP contribution in [0.15, 0.2) is 30.3 Å². The van der Waals surface area contributed by atoms with Gasteiger partial charge in [0, 0.05) is 43.4 Å². The number of carbonyl (C=O) groups is 1. The Morgan fingerprint density at radius 1 is 1.36 bits per heavy atom. The number of aliphatic carboxylic acids is 1. The molecule has 25 heavy (non-hydrogen) atoms. The molecule has 132 valence electrons. The zero-order valence-electron chi connectivity index (χ0n) is 14.3. The fourth-order valence-electron chi connectivity index (χ4n) is 3.24. The smallest absolute Gasteiger partial charge is 0.303 e. The van der Waals surface area contributed by atoms with Gasteiger partial charge in [0.25, 0.3) is 0 Å². The molecule has 2 aromatic rings. The summed E-state index contributed by atoms with van der Waals surface area (Å²) in [6, 6.07) is 10.5. The van der Waals surface area contributed by atoms with Gasteiger partial charge in [0.05, 0.1) is 0 Å². The maximum atomic E-state index is 11.0. The maximum Gasteiger partial charge on any atom is 0.303 e. The van der Waals surface area contributed by atoms with Crippen LogP contribution in [0.3, 0.4) is 0 Å². The highest BCUT2D eigenvalue weighted by Gasteiger charge is 2.25. The average molecular weight is 341 g/mol. The molecule has 1 saturated heterocycles. The zero-order valence-corrected chi connectivity index (χ0v) is 14.3. The summed E-state index contributed by atoms with van der Waals surface area (Å²) >= 11 is 0. The van der Waals surface area contributed by atoms with Crippen LogP contribution in [0.5, 0.6) is 0 Å². The van der Waals surface area contributed by atoms with Crippen LogP contribution in [0.1, 0.15) is 29.3 Å². The summed E-state index contributed by atoms with van der Waals surface area (Å²) in [4.78, 5) is 21.8. The minimum Gasteiger partial charge on any atom is -0.481 e. The Morgan fingerprint density at radius 2 is 2.12 bits per heavy atom. The molecule has 1 fully saturated rings. The number of hydrogen-bond donors (Lipinski definition) is 3. The molecule has 4 N–H and O–H groups in total. The van der Waals surface area contributed by atoms with E-state index in [-0.39, 0.29) is 18.4 Å². The van der Waals surface area contributed by atoms with Crippen molar-refractivity contribution in [3.05, 3.63) is 47.2 Å². The van der Waals surface area contributed by atoms with Crippen molar-refractivity contribution in [2.24, 2.45) is 0 Å². The molecule has 0 spiro atoms. The van der Waals surface area contributed by atoms with Gasteiger partial charge >= 0.3 is 5.97 Å². The van der Waals surface area contributed by atoms with Crippen LogP contribution in [-0.4, -0.2) is 40.7 Å². The molecule has 2 heterocycles. The van der Waals surface area contributed by atoms with Gasteiger partial charge in [-0.05, 0) is 18.9 Å². The van der Waals surface area contributed by atoms with E-state index in [1.165, 1.54) is 5.56 Å². The summed E-state index contributed by atoms with van der Waals surface area (Å²) in [5.74, 6) is 0.152. The molecule has 7 nitrogen and oxygen atoms in total. The Morgan fingerprint density at radius 3 is 2.84 bits per heavy atom. The number of nitrogens with two attached hydrogens (primary N) is 1. The summed E-state index contributed by atoms with van der Waals surface area (Å²) in [5.41, 5.74) is 8.69. The van der Waals surface area contributed by atoms with Gasteiger partial charge in [-0.2, -0.15) is 4.98 Å². The highest BCUT2D eigenvalue weighted by Crippen LogP contribution is 2.27. The number of anilines is 2. The normalized spacial score (nSPS) is 17.5. The number of benzene rings is 1.